The van der Waals surface area contributed by atoms with Gasteiger partial charge in [0, 0.05) is 12.1 Å². The lowest BCUT2D eigenvalue weighted by molar-refractivity contribution is -0.120. The van der Waals surface area contributed by atoms with Crippen molar-refractivity contribution < 1.29 is 22.7 Å². The maximum atomic E-state index is 13.3. The lowest BCUT2D eigenvalue weighted by Gasteiger charge is -2.26. The molecule has 28 heavy (non-hydrogen) atoms. The van der Waals surface area contributed by atoms with E-state index in [0.29, 0.717) is 11.5 Å². The molecule has 2 aromatic carbocycles. The zero-order chi connectivity index (χ0) is 20.7. The van der Waals surface area contributed by atoms with Crippen LogP contribution < -0.4 is 19.1 Å². The fourth-order valence-electron chi connectivity index (χ4n) is 2.56. The van der Waals surface area contributed by atoms with E-state index in [2.05, 4.69) is 5.32 Å². The van der Waals surface area contributed by atoms with Crippen molar-refractivity contribution in [3.8, 4) is 11.5 Å². The van der Waals surface area contributed by atoms with Gasteiger partial charge in [-0.1, -0.05) is 25.1 Å². The van der Waals surface area contributed by atoms with Gasteiger partial charge in [-0.3, -0.25) is 9.10 Å². The van der Waals surface area contributed by atoms with Crippen LogP contribution in [0, 0.1) is 0 Å². The fourth-order valence-corrected chi connectivity index (χ4v) is 4.01. The van der Waals surface area contributed by atoms with Gasteiger partial charge in [0.05, 0.1) is 24.8 Å². The van der Waals surface area contributed by atoms with E-state index < -0.39 is 15.9 Å². The predicted octanol–water partition coefficient (Wildman–Crippen LogP) is 2.81. The number of nitrogens with zero attached hydrogens (tertiary/aromatic N) is 1. The summed E-state index contributed by atoms with van der Waals surface area (Å²) in [6.07, 6.45) is 0.736. The summed E-state index contributed by atoms with van der Waals surface area (Å²) in [5.41, 5.74) is 0.227. The van der Waals surface area contributed by atoms with Gasteiger partial charge in [0.2, 0.25) is 5.91 Å². The maximum Gasteiger partial charge on any atom is 0.264 e. The van der Waals surface area contributed by atoms with E-state index in [1.54, 1.807) is 30.3 Å². The van der Waals surface area contributed by atoms with Crippen molar-refractivity contribution in [1.82, 2.24) is 5.32 Å². The summed E-state index contributed by atoms with van der Waals surface area (Å²) in [6.45, 7) is 3.42. The summed E-state index contributed by atoms with van der Waals surface area (Å²) in [5.74, 6) is 0.363. The highest BCUT2D eigenvalue weighted by Gasteiger charge is 2.30. The first-order chi connectivity index (χ1) is 13.3. The fraction of sp³-hybridized carbons (Fsp3) is 0.350. The topological polar surface area (TPSA) is 84.9 Å². The molecule has 0 spiro atoms. The van der Waals surface area contributed by atoms with Crippen LogP contribution in [0.15, 0.2) is 53.4 Å². The highest BCUT2D eigenvalue weighted by atomic mass is 32.2. The van der Waals surface area contributed by atoms with E-state index in [1.807, 2.05) is 13.8 Å². The summed E-state index contributed by atoms with van der Waals surface area (Å²) >= 11 is 0. The largest absolute Gasteiger partial charge is 0.497 e. The van der Waals surface area contributed by atoms with Crippen LogP contribution in [0.3, 0.4) is 0 Å². The van der Waals surface area contributed by atoms with Crippen LogP contribution in [0.5, 0.6) is 11.5 Å². The Balaban J connectivity index is 2.55. The number of ether oxygens (including phenoxy) is 2. The first kappa shape index (κ1) is 21.6. The molecule has 7 nitrogen and oxygen atoms in total. The molecule has 8 heteroatoms. The smallest absolute Gasteiger partial charge is 0.264 e. The number of amides is 1. The van der Waals surface area contributed by atoms with E-state index in [0.717, 1.165) is 10.7 Å². The standard InChI is InChI=1S/C20H26N2O5S/c1-5-15(2)21-20(23)14-22(28(24,25)17-9-7-6-8-10-17)18-13-16(26-3)11-12-19(18)27-4/h6-13,15H,5,14H2,1-4H3,(H,21,23)/t15-/m1/s1. The van der Waals surface area contributed by atoms with Crippen molar-refractivity contribution in [2.75, 3.05) is 25.1 Å². The molecule has 0 saturated carbocycles. The van der Waals surface area contributed by atoms with Crippen LogP contribution >= 0.6 is 0 Å². The van der Waals surface area contributed by atoms with E-state index in [-0.39, 0.29) is 23.2 Å². The summed E-state index contributed by atoms with van der Waals surface area (Å²) in [5, 5.41) is 2.80. The highest BCUT2D eigenvalue weighted by molar-refractivity contribution is 7.92. The zero-order valence-corrected chi connectivity index (χ0v) is 17.3. The van der Waals surface area contributed by atoms with Crippen molar-refractivity contribution in [2.45, 2.75) is 31.2 Å². The van der Waals surface area contributed by atoms with Crippen LogP contribution in [0.2, 0.25) is 0 Å². The molecule has 0 fully saturated rings. The van der Waals surface area contributed by atoms with Gasteiger partial charge >= 0.3 is 0 Å². The molecular formula is C20H26N2O5S. The van der Waals surface area contributed by atoms with Crippen molar-refractivity contribution in [3.63, 3.8) is 0 Å². The van der Waals surface area contributed by atoms with E-state index in [4.69, 9.17) is 9.47 Å². The number of sulfonamides is 1. The van der Waals surface area contributed by atoms with Crippen LogP contribution in [-0.2, 0) is 14.8 Å². The number of hydrogen-bond acceptors (Lipinski definition) is 5. The SMILES string of the molecule is CC[C@@H](C)NC(=O)CN(c1cc(OC)ccc1OC)S(=O)(=O)c1ccccc1. The first-order valence-electron chi connectivity index (χ1n) is 8.92. The zero-order valence-electron chi connectivity index (χ0n) is 16.5. The monoisotopic (exact) mass is 406 g/mol. The van der Waals surface area contributed by atoms with E-state index in [9.17, 15) is 13.2 Å². The summed E-state index contributed by atoms with van der Waals surface area (Å²) < 4.78 is 38.3. The summed E-state index contributed by atoms with van der Waals surface area (Å²) in [4.78, 5) is 12.6. The Labute approximate surface area is 166 Å². The molecular weight excluding hydrogens is 380 g/mol. The minimum atomic E-state index is -4.01. The van der Waals surface area contributed by atoms with Gasteiger partial charge in [-0.15, -0.1) is 0 Å². The first-order valence-corrected chi connectivity index (χ1v) is 10.4. The summed E-state index contributed by atoms with van der Waals surface area (Å²) in [7, 11) is -1.09. The number of benzene rings is 2. The van der Waals surface area contributed by atoms with Crippen LogP contribution in [0.1, 0.15) is 20.3 Å². The lowest BCUT2D eigenvalue weighted by atomic mass is 10.2. The van der Waals surface area contributed by atoms with Crippen molar-refractivity contribution in [3.05, 3.63) is 48.5 Å². The van der Waals surface area contributed by atoms with Gasteiger partial charge in [-0.25, -0.2) is 8.42 Å². The molecule has 2 rings (SSSR count). The number of hydrogen-bond donors (Lipinski definition) is 1. The number of carbonyl (C=O) groups excluding carboxylic acids is 1. The molecule has 0 saturated heterocycles. The van der Waals surface area contributed by atoms with Gasteiger partial charge in [0.25, 0.3) is 10.0 Å². The normalized spacial score (nSPS) is 12.1. The third-order valence-electron chi connectivity index (χ3n) is 4.29. The number of nitrogens with one attached hydrogen (secondary N) is 1. The quantitative estimate of drug-likeness (QED) is 0.692. The lowest BCUT2D eigenvalue weighted by Crippen LogP contribution is -2.43. The molecule has 0 aromatic heterocycles. The van der Waals surface area contributed by atoms with Gasteiger partial charge in [-0.05, 0) is 37.6 Å². The Morgan fingerprint density at radius 1 is 1.11 bits per heavy atom. The molecule has 0 aliphatic carbocycles. The second-order valence-electron chi connectivity index (χ2n) is 6.24. The predicted molar refractivity (Wildman–Crippen MR) is 108 cm³/mol. The minimum absolute atomic E-state index is 0.0685. The van der Waals surface area contributed by atoms with Gasteiger partial charge in [0.1, 0.15) is 18.0 Å². The molecule has 0 aliphatic rings. The van der Waals surface area contributed by atoms with E-state index in [1.165, 1.54) is 32.4 Å². The molecule has 1 N–H and O–H groups in total. The van der Waals surface area contributed by atoms with Crippen LogP contribution in [-0.4, -0.2) is 41.1 Å². The minimum Gasteiger partial charge on any atom is -0.497 e. The second-order valence-corrected chi connectivity index (χ2v) is 8.10. The molecule has 0 radical (unpaired) electrons. The Morgan fingerprint density at radius 3 is 2.36 bits per heavy atom. The third-order valence-corrected chi connectivity index (χ3v) is 6.07. The Bertz CT molecular complexity index is 900. The second kappa shape index (κ2) is 9.45. The van der Waals surface area contributed by atoms with Gasteiger partial charge in [-0.2, -0.15) is 0 Å². The van der Waals surface area contributed by atoms with Crippen molar-refractivity contribution in [2.24, 2.45) is 0 Å². The van der Waals surface area contributed by atoms with Gasteiger partial charge in [0.15, 0.2) is 0 Å². The molecule has 152 valence electrons. The third kappa shape index (κ3) is 4.95. The van der Waals surface area contributed by atoms with Crippen LogP contribution in [0.4, 0.5) is 5.69 Å². The molecule has 1 atom stereocenters. The van der Waals surface area contributed by atoms with Crippen molar-refractivity contribution >= 4 is 21.6 Å². The molecule has 0 heterocycles. The van der Waals surface area contributed by atoms with Crippen LogP contribution in [0.25, 0.3) is 0 Å². The molecule has 0 aliphatic heterocycles. The highest BCUT2D eigenvalue weighted by Crippen LogP contribution is 2.35. The number of anilines is 1. The Hall–Kier alpha value is -2.74. The molecule has 0 bridgehead atoms. The Kier molecular flexibility index (Phi) is 7.28. The number of rotatable bonds is 9. The Morgan fingerprint density at radius 2 is 1.79 bits per heavy atom. The average Bonchev–Trinajstić information content (AvgIpc) is 2.71. The maximum absolute atomic E-state index is 13.3. The molecule has 0 unspecified atom stereocenters. The molecule has 1 amide bonds. The number of methoxy groups -OCH3 is 2. The average molecular weight is 407 g/mol. The van der Waals surface area contributed by atoms with E-state index >= 15 is 0 Å². The summed E-state index contributed by atoms with van der Waals surface area (Å²) in [6, 6.07) is 12.7. The van der Waals surface area contributed by atoms with Gasteiger partial charge < -0.3 is 14.8 Å². The molecule has 2 aromatic rings. The number of carbonyl (C=O) groups is 1. The van der Waals surface area contributed by atoms with Crippen molar-refractivity contribution in [1.29, 1.82) is 0 Å².